The van der Waals surface area contributed by atoms with E-state index in [0.717, 1.165) is 5.56 Å². The summed E-state index contributed by atoms with van der Waals surface area (Å²) in [4.78, 5) is 41.0. The molecule has 2 fully saturated rings. The van der Waals surface area contributed by atoms with Crippen molar-refractivity contribution in [1.82, 2.24) is 4.90 Å². The topological polar surface area (TPSA) is 88.2 Å². The maximum atomic E-state index is 14.9. The highest BCUT2D eigenvalue weighted by Crippen LogP contribution is 2.26. The quantitative estimate of drug-likeness (QED) is 0.570. The number of ether oxygens (including phenoxy) is 2. The first kappa shape index (κ1) is 25.8. The van der Waals surface area contributed by atoms with Crippen molar-refractivity contribution in [3.8, 4) is 0 Å². The fourth-order valence-electron chi connectivity index (χ4n) is 4.30. The molecule has 2 heterocycles. The maximum Gasteiger partial charge on any atom is 0.253 e. The number of amides is 3. The normalized spacial score (nSPS) is 20.2. The summed E-state index contributed by atoms with van der Waals surface area (Å²) in [7, 11) is 0. The molecule has 2 aliphatic heterocycles. The summed E-state index contributed by atoms with van der Waals surface area (Å²) < 4.78 is 25.6. The molecule has 2 atom stereocenters. The van der Waals surface area contributed by atoms with Crippen LogP contribution in [0.2, 0.25) is 5.02 Å². The van der Waals surface area contributed by atoms with Gasteiger partial charge in [0, 0.05) is 42.9 Å². The second-order valence-corrected chi connectivity index (χ2v) is 8.90. The van der Waals surface area contributed by atoms with Crippen LogP contribution in [0.15, 0.2) is 48.5 Å². The lowest BCUT2D eigenvalue weighted by atomic mass is 10.1. The third-order valence-electron chi connectivity index (χ3n) is 6.03. The Morgan fingerprint density at radius 1 is 1.28 bits per heavy atom. The standard InChI is InChI=1S/C26H27ClFN3O5/c1-2-36-20-14-23(31(15-20)24(32)9-6-17-4-3-5-18(27)12-17)26(34)29-22-8-7-19(13-21(22)28)30-10-11-35-16-25(30)33/h3-9,12-13,20,23H,2,10-11,14-16H2,1H3,(H,29,34)/b9-6+/t20-,23-/m1/s1. The summed E-state index contributed by atoms with van der Waals surface area (Å²) in [5.74, 6) is -1.82. The Balaban J connectivity index is 1.47. The Labute approximate surface area is 213 Å². The van der Waals surface area contributed by atoms with Crippen molar-refractivity contribution in [2.75, 3.05) is 43.1 Å². The molecular formula is C26H27ClFN3O5. The molecule has 1 N–H and O–H groups in total. The van der Waals surface area contributed by atoms with Crippen LogP contribution in [0.25, 0.3) is 6.08 Å². The molecule has 8 nitrogen and oxygen atoms in total. The number of likely N-dealkylation sites (tertiary alicyclic amines) is 1. The van der Waals surface area contributed by atoms with Gasteiger partial charge >= 0.3 is 0 Å². The van der Waals surface area contributed by atoms with Crippen LogP contribution in [-0.2, 0) is 23.9 Å². The number of hydrogen-bond acceptors (Lipinski definition) is 5. The van der Waals surface area contributed by atoms with E-state index < -0.39 is 17.8 Å². The molecule has 0 spiro atoms. The molecule has 0 radical (unpaired) electrons. The van der Waals surface area contributed by atoms with E-state index in [1.54, 1.807) is 30.3 Å². The van der Waals surface area contributed by atoms with Gasteiger partial charge in [0.15, 0.2) is 0 Å². The predicted molar refractivity (Wildman–Crippen MR) is 134 cm³/mol. The van der Waals surface area contributed by atoms with Crippen LogP contribution < -0.4 is 10.2 Å². The summed E-state index contributed by atoms with van der Waals surface area (Å²) in [6.45, 7) is 3.16. The third-order valence-corrected chi connectivity index (χ3v) is 6.26. The smallest absolute Gasteiger partial charge is 0.253 e. The zero-order chi connectivity index (χ0) is 25.7. The molecular weight excluding hydrogens is 489 g/mol. The lowest BCUT2D eigenvalue weighted by Crippen LogP contribution is -2.42. The van der Waals surface area contributed by atoms with Crippen molar-refractivity contribution in [2.45, 2.75) is 25.5 Å². The Hall–Kier alpha value is -3.27. The molecule has 10 heteroatoms. The molecule has 3 amide bonds. The molecule has 0 unspecified atom stereocenters. The van der Waals surface area contributed by atoms with E-state index >= 15 is 0 Å². The highest BCUT2D eigenvalue weighted by molar-refractivity contribution is 6.30. The van der Waals surface area contributed by atoms with Crippen LogP contribution in [0, 0.1) is 5.82 Å². The molecule has 0 bridgehead atoms. The minimum atomic E-state index is -0.835. The Bertz CT molecular complexity index is 1170. The van der Waals surface area contributed by atoms with Gasteiger partial charge in [-0.15, -0.1) is 0 Å². The monoisotopic (exact) mass is 515 g/mol. The van der Waals surface area contributed by atoms with E-state index in [0.29, 0.717) is 36.9 Å². The number of benzene rings is 2. The molecule has 2 saturated heterocycles. The minimum absolute atomic E-state index is 0.0359. The van der Waals surface area contributed by atoms with Crippen molar-refractivity contribution in [3.05, 3.63) is 64.9 Å². The van der Waals surface area contributed by atoms with Gasteiger partial charge in [-0.1, -0.05) is 23.7 Å². The largest absolute Gasteiger partial charge is 0.377 e. The summed E-state index contributed by atoms with van der Waals surface area (Å²) in [6.07, 6.45) is 2.99. The van der Waals surface area contributed by atoms with E-state index in [4.69, 9.17) is 21.1 Å². The molecule has 2 aromatic carbocycles. The van der Waals surface area contributed by atoms with Gasteiger partial charge in [-0.3, -0.25) is 14.4 Å². The summed E-state index contributed by atoms with van der Waals surface area (Å²) in [5, 5.41) is 3.14. The van der Waals surface area contributed by atoms with Crippen molar-refractivity contribution < 1.29 is 28.2 Å². The van der Waals surface area contributed by atoms with Gasteiger partial charge < -0.3 is 24.6 Å². The van der Waals surface area contributed by atoms with Crippen LogP contribution in [0.3, 0.4) is 0 Å². The Kier molecular flexibility index (Phi) is 8.35. The average Bonchev–Trinajstić information content (AvgIpc) is 3.29. The van der Waals surface area contributed by atoms with Crippen LogP contribution >= 0.6 is 11.6 Å². The zero-order valence-corrected chi connectivity index (χ0v) is 20.5. The molecule has 190 valence electrons. The molecule has 36 heavy (non-hydrogen) atoms. The fraction of sp³-hybridized carbons (Fsp3) is 0.346. The van der Waals surface area contributed by atoms with Crippen molar-refractivity contribution >= 4 is 46.8 Å². The van der Waals surface area contributed by atoms with Crippen LogP contribution in [0.5, 0.6) is 0 Å². The first-order chi connectivity index (χ1) is 17.4. The van der Waals surface area contributed by atoms with E-state index in [1.165, 1.54) is 28.0 Å². The second kappa shape index (κ2) is 11.6. The van der Waals surface area contributed by atoms with Gasteiger partial charge in [0.05, 0.1) is 18.4 Å². The van der Waals surface area contributed by atoms with E-state index in [-0.39, 0.29) is 36.8 Å². The minimum Gasteiger partial charge on any atom is -0.377 e. The van der Waals surface area contributed by atoms with Gasteiger partial charge in [-0.05, 0) is 48.9 Å². The summed E-state index contributed by atoms with van der Waals surface area (Å²) >= 11 is 6.00. The number of morpholine rings is 1. The summed E-state index contributed by atoms with van der Waals surface area (Å²) in [6, 6.07) is 10.4. The number of anilines is 2. The summed E-state index contributed by atoms with van der Waals surface area (Å²) in [5.41, 5.74) is 1.10. The van der Waals surface area contributed by atoms with Gasteiger partial charge in [-0.25, -0.2) is 4.39 Å². The fourth-order valence-corrected chi connectivity index (χ4v) is 4.50. The number of carbonyl (C=O) groups excluding carboxylic acids is 3. The average molecular weight is 516 g/mol. The molecule has 0 aromatic heterocycles. The molecule has 4 rings (SSSR count). The van der Waals surface area contributed by atoms with Gasteiger partial charge in [-0.2, -0.15) is 0 Å². The highest BCUT2D eigenvalue weighted by Gasteiger charge is 2.39. The molecule has 0 saturated carbocycles. The number of nitrogens with zero attached hydrogens (tertiary/aromatic N) is 2. The maximum absolute atomic E-state index is 14.9. The van der Waals surface area contributed by atoms with Crippen LogP contribution in [0.4, 0.5) is 15.8 Å². The Morgan fingerprint density at radius 2 is 2.11 bits per heavy atom. The lowest BCUT2D eigenvalue weighted by Gasteiger charge is -2.27. The van der Waals surface area contributed by atoms with E-state index in [1.807, 2.05) is 13.0 Å². The van der Waals surface area contributed by atoms with E-state index in [9.17, 15) is 18.8 Å². The van der Waals surface area contributed by atoms with Crippen LogP contribution in [-0.4, -0.2) is 67.7 Å². The highest BCUT2D eigenvalue weighted by atomic mass is 35.5. The molecule has 0 aliphatic carbocycles. The van der Waals surface area contributed by atoms with E-state index in [2.05, 4.69) is 5.32 Å². The SMILES string of the molecule is CCO[C@@H]1C[C@H](C(=O)Nc2ccc(N3CCOCC3=O)cc2F)N(C(=O)/C=C/c2cccc(Cl)c2)C1. The van der Waals surface area contributed by atoms with Crippen molar-refractivity contribution in [2.24, 2.45) is 0 Å². The van der Waals surface area contributed by atoms with Gasteiger partial charge in [0.2, 0.25) is 11.8 Å². The Morgan fingerprint density at radius 3 is 2.83 bits per heavy atom. The first-order valence-electron chi connectivity index (χ1n) is 11.7. The van der Waals surface area contributed by atoms with Gasteiger partial charge in [0.1, 0.15) is 18.5 Å². The zero-order valence-electron chi connectivity index (χ0n) is 19.8. The molecule has 2 aliphatic rings. The second-order valence-electron chi connectivity index (χ2n) is 8.46. The van der Waals surface area contributed by atoms with Crippen molar-refractivity contribution in [1.29, 1.82) is 0 Å². The number of rotatable bonds is 7. The number of hydrogen-bond donors (Lipinski definition) is 1. The number of halogens is 2. The van der Waals surface area contributed by atoms with Crippen LogP contribution in [0.1, 0.15) is 18.9 Å². The predicted octanol–water partition coefficient (Wildman–Crippen LogP) is 3.50. The third kappa shape index (κ3) is 6.10. The molecule has 2 aromatic rings. The number of carbonyl (C=O) groups is 3. The van der Waals surface area contributed by atoms with Crippen molar-refractivity contribution in [3.63, 3.8) is 0 Å². The van der Waals surface area contributed by atoms with Gasteiger partial charge in [0.25, 0.3) is 5.91 Å². The first-order valence-corrected chi connectivity index (χ1v) is 12.1. The lowest BCUT2D eigenvalue weighted by molar-refractivity contribution is -0.132. The number of nitrogens with one attached hydrogen (secondary N) is 1.